The van der Waals surface area contributed by atoms with Crippen molar-refractivity contribution >= 4 is 27.3 Å². The second-order valence-corrected chi connectivity index (χ2v) is 6.74. The molecule has 0 radical (unpaired) electrons. The van der Waals surface area contributed by atoms with Crippen molar-refractivity contribution in [2.75, 3.05) is 39.3 Å². The molecule has 2 heterocycles. The zero-order chi connectivity index (χ0) is 12.1. The van der Waals surface area contributed by atoms with E-state index >= 15 is 0 Å². The number of β-amino-alcohol motifs (C(OH)–C–C–N with tert-alkyl or cyclic N) is 1. The van der Waals surface area contributed by atoms with Crippen LogP contribution >= 0.6 is 27.3 Å². The molecule has 2 rings (SSSR count). The van der Waals surface area contributed by atoms with Crippen LogP contribution in [0.25, 0.3) is 0 Å². The van der Waals surface area contributed by atoms with Crippen molar-refractivity contribution in [1.29, 1.82) is 0 Å². The third-order valence-electron chi connectivity index (χ3n) is 3.13. The minimum atomic E-state index is 0.275. The van der Waals surface area contributed by atoms with Gasteiger partial charge in [0, 0.05) is 26.2 Å². The topological polar surface area (TPSA) is 26.7 Å². The molecule has 96 valence electrons. The van der Waals surface area contributed by atoms with E-state index in [-0.39, 0.29) is 6.61 Å². The van der Waals surface area contributed by atoms with Gasteiger partial charge in [0.2, 0.25) is 0 Å². The van der Waals surface area contributed by atoms with E-state index in [1.165, 1.54) is 15.8 Å². The minimum Gasteiger partial charge on any atom is -0.395 e. The van der Waals surface area contributed by atoms with E-state index in [1.807, 2.05) is 0 Å². The molecule has 1 aliphatic heterocycles. The average Bonchev–Trinajstić information content (AvgIpc) is 2.58. The van der Waals surface area contributed by atoms with Crippen molar-refractivity contribution in [3.05, 3.63) is 20.8 Å². The van der Waals surface area contributed by atoms with E-state index < -0.39 is 0 Å². The molecule has 17 heavy (non-hydrogen) atoms. The second-order valence-electron chi connectivity index (χ2n) is 4.45. The lowest BCUT2D eigenvalue weighted by molar-refractivity contribution is 0.196. The predicted molar refractivity (Wildman–Crippen MR) is 75.4 cm³/mol. The van der Waals surface area contributed by atoms with Crippen LogP contribution in [-0.4, -0.2) is 54.2 Å². The maximum atomic E-state index is 8.96. The Morgan fingerprint density at radius 2 is 2.00 bits per heavy atom. The van der Waals surface area contributed by atoms with E-state index in [9.17, 15) is 0 Å². The van der Waals surface area contributed by atoms with Gasteiger partial charge in [-0.3, -0.25) is 9.80 Å². The first-order valence-electron chi connectivity index (χ1n) is 6.06. The highest BCUT2D eigenvalue weighted by Crippen LogP contribution is 2.22. The molecular weight excluding hydrogens is 300 g/mol. The summed E-state index contributed by atoms with van der Waals surface area (Å²) in [6.45, 7) is 6.60. The van der Waals surface area contributed by atoms with Crippen molar-refractivity contribution in [2.24, 2.45) is 0 Å². The van der Waals surface area contributed by atoms with E-state index in [0.717, 1.165) is 39.3 Å². The van der Waals surface area contributed by atoms with Crippen LogP contribution in [0, 0.1) is 0 Å². The lowest BCUT2D eigenvalue weighted by Crippen LogP contribution is -2.32. The van der Waals surface area contributed by atoms with E-state index in [0.29, 0.717) is 0 Å². The van der Waals surface area contributed by atoms with Gasteiger partial charge < -0.3 is 5.11 Å². The van der Waals surface area contributed by atoms with Gasteiger partial charge in [0.15, 0.2) is 0 Å². The van der Waals surface area contributed by atoms with Gasteiger partial charge in [-0.05, 0) is 52.5 Å². The molecule has 0 bridgehead atoms. The smallest absolute Gasteiger partial charge is 0.0701 e. The number of hydrogen-bond acceptors (Lipinski definition) is 4. The van der Waals surface area contributed by atoms with Gasteiger partial charge in [-0.1, -0.05) is 0 Å². The Balaban J connectivity index is 1.82. The van der Waals surface area contributed by atoms with Gasteiger partial charge in [0.25, 0.3) is 0 Å². The Bertz CT molecular complexity index is 345. The van der Waals surface area contributed by atoms with Crippen LogP contribution < -0.4 is 0 Å². The van der Waals surface area contributed by atoms with Crippen LogP contribution in [0.5, 0.6) is 0 Å². The molecule has 1 aliphatic rings. The van der Waals surface area contributed by atoms with E-state index in [1.54, 1.807) is 11.3 Å². The molecule has 1 fully saturated rings. The van der Waals surface area contributed by atoms with Gasteiger partial charge in [-0.25, -0.2) is 0 Å². The van der Waals surface area contributed by atoms with Crippen LogP contribution in [0.4, 0.5) is 0 Å². The molecule has 1 saturated heterocycles. The van der Waals surface area contributed by atoms with Crippen LogP contribution in [0.1, 0.15) is 12.0 Å². The summed E-state index contributed by atoms with van der Waals surface area (Å²) in [6.07, 6.45) is 1.20. The molecular formula is C12H19BrN2OS. The largest absolute Gasteiger partial charge is 0.395 e. The highest BCUT2D eigenvalue weighted by atomic mass is 79.9. The Morgan fingerprint density at radius 1 is 1.24 bits per heavy atom. The van der Waals surface area contributed by atoms with Crippen LogP contribution in [0.2, 0.25) is 0 Å². The number of rotatable bonds is 4. The first-order valence-corrected chi connectivity index (χ1v) is 7.73. The molecule has 5 heteroatoms. The predicted octanol–water partition coefficient (Wildman–Crippen LogP) is 2.01. The fourth-order valence-corrected chi connectivity index (χ4v) is 3.43. The quantitative estimate of drug-likeness (QED) is 0.920. The normalized spacial score (nSPS) is 19.4. The summed E-state index contributed by atoms with van der Waals surface area (Å²) in [7, 11) is 0. The van der Waals surface area contributed by atoms with Crippen molar-refractivity contribution < 1.29 is 5.11 Å². The van der Waals surface area contributed by atoms with Gasteiger partial charge in [0.05, 0.1) is 10.4 Å². The van der Waals surface area contributed by atoms with Gasteiger partial charge in [-0.2, -0.15) is 0 Å². The Hall–Kier alpha value is 0.0600. The monoisotopic (exact) mass is 318 g/mol. The zero-order valence-corrected chi connectivity index (χ0v) is 12.3. The number of aliphatic hydroxyl groups is 1. The minimum absolute atomic E-state index is 0.275. The first-order chi connectivity index (χ1) is 8.28. The Labute approximate surface area is 115 Å². The molecule has 0 atom stereocenters. The van der Waals surface area contributed by atoms with Crippen LogP contribution in [0.15, 0.2) is 15.2 Å². The molecule has 1 aromatic rings. The lowest BCUT2D eigenvalue weighted by Gasteiger charge is -2.20. The average molecular weight is 319 g/mol. The molecule has 0 spiro atoms. The van der Waals surface area contributed by atoms with E-state index in [4.69, 9.17) is 5.11 Å². The standard InChI is InChI=1S/C12H19BrN2OS/c13-12-8-11(10-17-12)9-15-3-1-2-14(4-5-15)6-7-16/h8,10,16H,1-7,9H2. The van der Waals surface area contributed by atoms with Gasteiger partial charge in [-0.15, -0.1) is 11.3 Å². The lowest BCUT2D eigenvalue weighted by atomic mass is 10.3. The Morgan fingerprint density at radius 3 is 2.71 bits per heavy atom. The molecule has 0 amide bonds. The summed E-state index contributed by atoms with van der Waals surface area (Å²) in [4.78, 5) is 4.86. The molecule has 1 N–H and O–H groups in total. The number of hydrogen-bond donors (Lipinski definition) is 1. The highest BCUT2D eigenvalue weighted by Gasteiger charge is 2.14. The molecule has 0 saturated carbocycles. The molecule has 1 aromatic heterocycles. The third-order valence-corrected chi connectivity index (χ3v) is 4.68. The van der Waals surface area contributed by atoms with Crippen molar-refractivity contribution in [3.63, 3.8) is 0 Å². The van der Waals surface area contributed by atoms with Crippen molar-refractivity contribution in [3.8, 4) is 0 Å². The fourth-order valence-electron chi connectivity index (χ4n) is 2.23. The molecule has 0 unspecified atom stereocenters. The number of nitrogens with zero attached hydrogens (tertiary/aromatic N) is 2. The van der Waals surface area contributed by atoms with Crippen LogP contribution in [-0.2, 0) is 6.54 Å². The summed E-state index contributed by atoms with van der Waals surface area (Å²) < 4.78 is 1.21. The summed E-state index contributed by atoms with van der Waals surface area (Å²) >= 11 is 5.26. The highest BCUT2D eigenvalue weighted by molar-refractivity contribution is 9.11. The fraction of sp³-hybridized carbons (Fsp3) is 0.667. The molecule has 0 aromatic carbocycles. The summed E-state index contributed by atoms with van der Waals surface area (Å²) in [5.74, 6) is 0. The van der Waals surface area contributed by atoms with Gasteiger partial charge >= 0.3 is 0 Å². The number of halogens is 1. The Kier molecular flexibility index (Phi) is 5.44. The first kappa shape index (κ1) is 13.5. The van der Waals surface area contributed by atoms with Crippen molar-refractivity contribution in [1.82, 2.24) is 9.80 Å². The van der Waals surface area contributed by atoms with Crippen LogP contribution in [0.3, 0.4) is 0 Å². The maximum Gasteiger partial charge on any atom is 0.0701 e. The van der Waals surface area contributed by atoms with Crippen molar-refractivity contribution in [2.45, 2.75) is 13.0 Å². The maximum absolute atomic E-state index is 8.96. The number of thiophene rings is 1. The SMILES string of the molecule is OCCN1CCCN(Cc2csc(Br)c2)CC1. The van der Waals surface area contributed by atoms with E-state index in [2.05, 4.69) is 37.2 Å². The zero-order valence-electron chi connectivity index (χ0n) is 9.94. The molecule has 0 aliphatic carbocycles. The number of aliphatic hydroxyl groups excluding tert-OH is 1. The second kappa shape index (κ2) is 6.85. The summed E-state index contributed by atoms with van der Waals surface area (Å²) in [5.41, 5.74) is 1.40. The molecule has 3 nitrogen and oxygen atoms in total. The summed E-state index contributed by atoms with van der Waals surface area (Å²) in [5, 5.41) is 11.2. The van der Waals surface area contributed by atoms with Gasteiger partial charge in [0.1, 0.15) is 0 Å². The summed E-state index contributed by atoms with van der Waals surface area (Å²) in [6, 6.07) is 2.21. The third kappa shape index (κ3) is 4.34.